The first-order valence-electron chi connectivity index (χ1n) is 6.53. The number of benzene rings is 1. The molecule has 0 aliphatic carbocycles. The Labute approximate surface area is 117 Å². The molecule has 0 radical (unpaired) electrons. The number of hydrogen-bond acceptors (Lipinski definition) is 2. The van der Waals surface area contributed by atoms with Gasteiger partial charge in [0.25, 0.3) is 5.91 Å². The van der Waals surface area contributed by atoms with Crippen LogP contribution in [0.2, 0.25) is 0 Å². The number of hydrogen-bond donors (Lipinski definition) is 0. The molecule has 0 spiro atoms. The van der Waals surface area contributed by atoms with Gasteiger partial charge in [-0.05, 0) is 25.0 Å². The van der Waals surface area contributed by atoms with Gasteiger partial charge in [-0.1, -0.05) is 18.2 Å². The quantitative estimate of drug-likeness (QED) is 0.749. The van der Waals surface area contributed by atoms with E-state index in [9.17, 15) is 4.79 Å². The zero-order chi connectivity index (χ0) is 13.2. The zero-order valence-electron chi connectivity index (χ0n) is 10.6. The van der Waals surface area contributed by atoms with Gasteiger partial charge in [-0.15, -0.1) is 11.6 Å². The molecule has 1 saturated heterocycles. The van der Waals surface area contributed by atoms with E-state index in [2.05, 4.69) is 4.98 Å². The first-order chi connectivity index (χ1) is 9.25. The highest BCUT2D eigenvalue weighted by atomic mass is 35.5. The van der Waals surface area contributed by atoms with Gasteiger partial charge in [0, 0.05) is 24.7 Å². The molecule has 1 aromatic carbocycles. The Bertz CT molecular complexity index is 609. The van der Waals surface area contributed by atoms with Crippen LogP contribution in [0.1, 0.15) is 23.2 Å². The molecule has 2 heterocycles. The second-order valence-corrected chi connectivity index (χ2v) is 5.48. The number of aromatic nitrogens is 1. The van der Waals surface area contributed by atoms with Crippen molar-refractivity contribution in [2.75, 3.05) is 13.1 Å². The van der Waals surface area contributed by atoms with Gasteiger partial charge in [-0.2, -0.15) is 0 Å². The number of carbonyl (C=O) groups excluding carboxylic acids is 1. The molecule has 0 N–H and O–H groups in total. The second kappa shape index (κ2) is 5.17. The Kier molecular flexibility index (Phi) is 3.38. The van der Waals surface area contributed by atoms with Crippen molar-refractivity contribution in [3.05, 3.63) is 42.1 Å². The number of piperidine rings is 1. The molecule has 1 aromatic heterocycles. The Balaban J connectivity index is 1.97. The van der Waals surface area contributed by atoms with Gasteiger partial charge in [-0.25, -0.2) is 0 Å². The third-order valence-corrected chi connectivity index (χ3v) is 3.89. The van der Waals surface area contributed by atoms with Crippen molar-refractivity contribution in [2.24, 2.45) is 0 Å². The lowest BCUT2D eigenvalue weighted by Crippen LogP contribution is -2.40. The third-order valence-electron chi connectivity index (χ3n) is 3.53. The maximum absolute atomic E-state index is 12.6. The van der Waals surface area contributed by atoms with Crippen LogP contribution in [0.5, 0.6) is 0 Å². The fourth-order valence-electron chi connectivity index (χ4n) is 2.56. The van der Waals surface area contributed by atoms with Crippen LogP contribution in [-0.4, -0.2) is 34.3 Å². The molecule has 4 heteroatoms. The van der Waals surface area contributed by atoms with Crippen molar-refractivity contribution in [3.8, 4) is 0 Å². The van der Waals surface area contributed by atoms with Gasteiger partial charge >= 0.3 is 0 Å². The molecule has 1 amide bonds. The monoisotopic (exact) mass is 274 g/mol. The van der Waals surface area contributed by atoms with Gasteiger partial charge < -0.3 is 4.90 Å². The zero-order valence-corrected chi connectivity index (χ0v) is 11.3. The summed E-state index contributed by atoms with van der Waals surface area (Å²) in [7, 11) is 0. The summed E-state index contributed by atoms with van der Waals surface area (Å²) in [5.74, 6) is 0.0592. The predicted octanol–water partition coefficient (Wildman–Crippen LogP) is 3.08. The summed E-state index contributed by atoms with van der Waals surface area (Å²) in [6.07, 6.45) is 3.66. The number of para-hydroxylation sites is 1. The summed E-state index contributed by atoms with van der Waals surface area (Å²) in [6.45, 7) is 1.43. The summed E-state index contributed by atoms with van der Waals surface area (Å²) in [6, 6.07) is 9.52. The minimum atomic E-state index is 0.0592. The van der Waals surface area contributed by atoms with E-state index in [-0.39, 0.29) is 11.3 Å². The van der Waals surface area contributed by atoms with Crippen molar-refractivity contribution < 1.29 is 4.79 Å². The van der Waals surface area contributed by atoms with E-state index >= 15 is 0 Å². The van der Waals surface area contributed by atoms with E-state index in [1.54, 1.807) is 12.3 Å². The highest BCUT2D eigenvalue weighted by Gasteiger charge is 2.24. The number of alkyl halides is 1. The molecule has 3 nitrogen and oxygen atoms in total. The normalized spacial score (nSPS) is 19.6. The van der Waals surface area contributed by atoms with Crippen molar-refractivity contribution in [3.63, 3.8) is 0 Å². The van der Waals surface area contributed by atoms with Crippen molar-refractivity contribution in [1.29, 1.82) is 0 Å². The molecule has 1 unspecified atom stereocenters. The SMILES string of the molecule is O=C(c1ccnc2ccccc12)N1CCCC(Cl)C1. The highest BCUT2D eigenvalue weighted by molar-refractivity contribution is 6.21. The average Bonchev–Trinajstić information content (AvgIpc) is 2.46. The maximum Gasteiger partial charge on any atom is 0.254 e. The van der Waals surface area contributed by atoms with E-state index in [0.717, 1.165) is 35.9 Å². The van der Waals surface area contributed by atoms with E-state index in [1.807, 2.05) is 29.2 Å². The molecular formula is C15H15ClN2O. The third kappa shape index (κ3) is 2.43. The number of halogens is 1. The molecule has 19 heavy (non-hydrogen) atoms. The van der Waals surface area contributed by atoms with E-state index in [4.69, 9.17) is 11.6 Å². The van der Waals surface area contributed by atoms with Crippen molar-refractivity contribution in [1.82, 2.24) is 9.88 Å². The Hall–Kier alpha value is -1.61. The minimum absolute atomic E-state index is 0.0592. The van der Waals surface area contributed by atoms with Crippen LogP contribution in [-0.2, 0) is 0 Å². The highest BCUT2D eigenvalue weighted by Crippen LogP contribution is 2.21. The molecule has 0 bridgehead atoms. The van der Waals surface area contributed by atoms with E-state index in [1.165, 1.54) is 0 Å². The first kappa shape index (κ1) is 12.4. The van der Waals surface area contributed by atoms with Crippen LogP contribution in [0.3, 0.4) is 0 Å². The number of carbonyl (C=O) groups is 1. The largest absolute Gasteiger partial charge is 0.337 e. The van der Waals surface area contributed by atoms with Crippen molar-refractivity contribution in [2.45, 2.75) is 18.2 Å². The first-order valence-corrected chi connectivity index (χ1v) is 6.96. The molecule has 1 aliphatic heterocycles. The molecule has 1 aliphatic rings. The lowest BCUT2D eigenvalue weighted by molar-refractivity contribution is 0.0729. The number of fused-ring (bicyclic) bond motifs is 1. The molecule has 3 rings (SSSR count). The van der Waals surface area contributed by atoms with E-state index < -0.39 is 0 Å². The molecule has 1 fully saturated rings. The average molecular weight is 275 g/mol. The standard InChI is InChI=1S/C15H15ClN2O/c16-11-4-3-9-18(10-11)15(19)13-7-8-17-14-6-2-1-5-12(13)14/h1-2,5-8,11H,3-4,9-10H2. The lowest BCUT2D eigenvalue weighted by atomic mass is 10.1. The van der Waals surface area contributed by atoms with Gasteiger partial charge in [-0.3, -0.25) is 9.78 Å². The fourth-order valence-corrected chi connectivity index (χ4v) is 2.88. The lowest BCUT2D eigenvalue weighted by Gasteiger charge is -2.30. The smallest absolute Gasteiger partial charge is 0.254 e. The number of rotatable bonds is 1. The minimum Gasteiger partial charge on any atom is -0.337 e. The summed E-state index contributed by atoms with van der Waals surface area (Å²) in [5, 5.41) is 0.984. The topological polar surface area (TPSA) is 33.2 Å². The molecule has 98 valence electrons. The maximum atomic E-state index is 12.6. The Morgan fingerprint density at radius 2 is 2.16 bits per heavy atom. The van der Waals surface area contributed by atoms with Crippen LogP contribution < -0.4 is 0 Å². The van der Waals surface area contributed by atoms with Crippen molar-refractivity contribution >= 4 is 28.4 Å². The number of likely N-dealkylation sites (tertiary alicyclic amines) is 1. The van der Waals surface area contributed by atoms with Crippen LogP contribution >= 0.6 is 11.6 Å². The Morgan fingerprint density at radius 1 is 1.32 bits per heavy atom. The van der Waals surface area contributed by atoms with Gasteiger partial charge in [0.15, 0.2) is 0 Å². The van der Waals surface area contributed by atoms with Crippen LogP contribution in [0.25, 0.3) is 10.9 Å². The Morgan fingerprint density at radius 3 is 3.00 bits per heavy atom. The molecular weight excluding hydrogens is 260 g/mol. The van der Waals surface area contributed by atoms with E-state index in [0.29, 0.717) is 6.54 Å². The second-order valence-electron chi connectivity index (χ2n) is 4.87. The fraction of sp³-hybridized carbons (Fsp3) is 0.333. The van der Waals surface area contributed by atoms with Crippen LogP contribution in [0.4, 0.5) is 0 Å². The summed E-state index contributed by atoms with van der Waals surface area (Å²) in [5.41, 5.74) is 1.57. The van der Waals surface area contributed by atoms with Crippen LogP contribution in [0, 0.1) is 0 Å². The molecule has 0 saturated carbocycles. The van der Waals surface area contributed by atoms with Gasteiger partial charge in [0.2, 0.25) is 0 Å². The van der Waals surface area contributed by atoms with Gasteiger partial charge in [0.05, 0.1) is 16.5 Å². The molecule has 2 aromatic rings. The summed E-state index contributed by atoms with van der Waals surface area (Å²) >= 11 is 6.15. The summed E-state index contributed by atoms with van der Waals surface area (Å²) in [4.78, 5) is 18.7. The van der Waals surface area contributed by atoms with Crippen LogP contribution in [0.15, 0.2) is 36.5 Å². The number of pyridine rings is 1. The number of nitrogens with zero attached hydrogens (tertiary/aromatic N) is 2. The summed E-state index contributed by atoms with van der Waals surface area (Å²) < 4.78 is 0. The van der Waals surface area contributed by atoms with Gasteiger partial charge in [0.1, 0.15) is 0 Å². The predicted molar refractivity (Wildman–Crippen MR) is 76.5 cm³/mol. The molecule has 1 atom stereocenters. The number of amides is 1.